The second-order valence-corrected chi connectivity index (χ2v) is 2.72. The highest BCUT2D eigenvalue weighted by Gasteiger charge is 2.04. The molecule has 1 heterocycles. The summed E-state index contributed by atoms with van der Waals surface area (Å²) in [4.78, 5) is 14.5. The zero-order chi connectivity index (χ0) is 10.1. The van der Waals surface area contributed by atoms with Crippen LogP contribution in [0.3, 0.4) is 0 Å². The molecule has 14 heavy (non-hydrogen) atoms. The zero-order valence-electron chi connectivity index (χ0n) is 7.07. The van der Waals surface area contributed by atoms with Gasteiger partial charge in [0.15, 0.2) is 0 Å². The number of nitrogens with one attached hydrogen (secondary N) is 1. The summed E-state index contributed by atoms with van der Waals surface area (Å²) < 4.78 is 14.1. The molecular formula is C8H7FN4O. The molecule has 1 aromatic carbocycles. The third-order valence-electron chi connectivity index (χ3n) is 1.74. The first kappa shape index (κ1) is 8.49. The minimum atomic E-state index is -0.728. The molecule has 2 rings (SSSR count). The summed E-state index contributed by atoms with van der Waals surface area (Å²) in [5, 5.41) is 0. The van der Waals surface area contributed by atoms with Gasteiger partial charge in [-0.05, 0) is 12.1 Å². The molecule has 0 atom stereocenters. The first-order valence-corrected chi connectivity index (χ1v) is 3.86. The fourth-order valence-electron chi connectivity index (χ4n) is 1.19. The largest absolute Gasteiger partial charge is 0.350 e. The van der Waals surface area contributed by atoms with E-state index in [1.807, 2.05) is 0 Å². The summed E-state index contributed by atoms with van der Waals surface area (Å²) in [6.07, 6.45) is 1.36. The smallest absolute Gasteiger partial charge is 0.331 e. The van der Waals surface area contributed by atoms with Gasteiger partial charge in [-0.25, -0.2) is 24.3 Å². The van der Waals surface area contributed by atoms with E-state index < -0.39 is 11.8 Å². The quantitative estimate of drug-likeness (QED) is 0.704. The fourth-order valence-corrected chi connectivity index (χ4v) is 1.19. The number of rotatable bonds is 1. The molecule has 3 N–H and O–H groups in total. The molecule has 2 aromatic rings. The number of carbonyl (C=O) groups excluding carboxylic acids is 1. The molecule has 6 heteroatoms. The maximum atomic E-state index is 12.8. The summed E-state index contributed by atoms with van der Waals surface area (Å²) in [7, 11) is 0. The van der Waals surface area contributed by atoms with Crippen molar-refractivity contribution < 1.29 is 9.18 Å². The predicted molar refractivity (Wildman–Crippen MR) is 48.6 cm³/mol. The van der Waals surface area contributed by atoms with E-state index in [-0.39, 0.29) is 0 Å². The van der Waals surface area contributed by atoms with Gasteiger partial charge in [-0.15, -0.1) is 0 Å². The molecule has 0 fully saturated rings. The van der Waals surface area contributed by atoms with Crippen LogP contribution in [0.25, 0.3) is 11.0 Å². The minimum Gasteiger partial charge on any atom is -0.350 e. The van der Waals surface area contributed by atoms with Crippen molar-refractivity contribution in [2.24, 2.45) is 5.73 Å². The van der Waals surface area contributed by atoms with Crippen molar-refractivity contribution >= 4 is 17.1 Å². The molecule has 5 nitrogen and oxygen atoms in total. The monoisotopic (exact) mass is 194 g/mol. The van der Waals surface area contributed by atoms with Crippen molar-refractivity contribution in [3.63, 3.8) is 0 Å². The van der Waals surface area contributed by atoms with Gasteiger partial charge in [0.2, 0.25) is 0 Å². The third kappa shape index (κ3) is 1.37. The van der Waals surface area contributed by atoms with Crippen molar-refractivity contribution in [1.82, 2.24) is 9.66 Å². The first-order valence-electron chi connectivity index (χ1n) is 3.86. The SMILES string of the molecule is NC(=O)Nn1cnc2ccc(F)cc21. The molecule has 0 radical (unpaired) electrons. The average Bonchev–Trinajstić information content (AvgIpc) is 2.47. The number of halogens is 1. The van der Waals surface area contributed by atoms with Gasteiger partial charge in [0, 0.05) is 6.07 Å². The molecular weight excluding hydrogens is 187 g/mol. The lowest BCUT2D eigenvalue weighted by atomic mass is 10.3. The number of nitrogens with zero attached hydrogens (tertiary/aromatic N) is 2. The Bertz CT molecular complexity index is 493. The number of hydrogen-bond acceptors (Lipinski definition) is 2. The number of amides is 2. The summed E-state index contributed by atoms with van der Waals surface area (Å²) in [5.74, 6) is -0.398. The Morgan fingerprint density at radius 3 is 3.07 bits per heavy atom. The van der Waals surface area contributed by atoms with Crippen LogP contribution in [0.5, 0.6) is 0 Å². The normalized spacial score (nSPS) is 10.4. The van der Waals surface area contributed by atoms with Gasteiger partial charge in [-0.3, -0.25) is 0 Å². The maximum Gasteiger partial charge on any atom is 0.331 e. The lowest BCUT2D eigenvalue weighted by Crippen LogP contribution is -2.27. The Balaban J connectivity index is 2.55. The fraction of sp³-hybridized carbons (Fsp3) is 0. The molecule has 1 aromatic heterocycles. The van der Waals surface area contributed by atoms with Crippen LogP contribution in [0.4, 0.5) is 9.18 Å². The van der Waals surface area contributed by atoms with Crippen LogP contribution in [-0.4, -0.2) is 15.7 Å². The molecule has 0 spiro atoms. The van der Waals surface area contributed by atoms with Crippen molar-refractivity contribution in [3.8, 4) is 0 Å². The number of carbonyl (C=O) groups is 1. The Hall–Kier alpha value is -2.11. The second-order valence-electron chi connectivity index (χ2n) is 2.72. The van der Waals surface area contributed by atoms with Gasteiger partial charge in [0.05, 0.1) is 11.0 Å². The van der Waals surface area contributed by atoms with E-state index in [1.165, 1.54) is 29.2 Å². The Morgan fingerprint density at radius 2 is 2.36 bits per heavy atom. The number of urea groups is 1. The minimum absolute atomic E-state index is 0.398. The topological polar surface area (TPSA) is 72.9 Å². The van der Waals surface area contributed by atoms with Gasteiger partial charge in [-0.2, -0.15) is 0 Å². The lowest BCUT2D eigenvalue weighted by molar-refractivity contribution is 0.257. The number of aromatic nitrogens is 2. The van der Waals surface area contributed by atoms with E-state index in [1.54, 1.807) is 0 Å². The average molecular weight is 194 g/mol. The summed E-state index contributed by atoms with van der Waals surface area (Å²) in [6, 6.07) is 3.35. The van der Waals surface area contributed by atoms with Gasteiger partial charge in [0.25, 0.3) is 0 Å². The Kier molecular flexibility index (Phi) is 1.81. The third-order valence-corrected chi connectivity index (χ3v) is 1.74. The van der Waals surface area contributed by atoms with Crippen LogP contribution in [-0.2, 0) is 0 Å². The maximum absolute atomic E-state index is 12.8. The zero-order valence-corrected chi connectivity index (χ0v) is 7.07. The van der Waals surface area contributed by atoms with E-state index in [0.29, 0.717) is 11.0 Å². The molecule has 0 aliphatic heterocycles. The molecule has 0 saturated carbocycles. The van der Waals surface area contributed by atoms with Crippen LogP contribution in [0, 0.1) is 5.82 Å². The van der Waals surface area contributed by atoms with Crippen LogP contribution >= 0.6 is 0 Å². The highest BCUT2D eigenvalue weighted by atomic mass is 19.1. The van der Waals surface area contributed by atoms with E-state index in [2.05, 4.69) is 10.4 Å². The standard InChI is InChI=1S/C8H7FN4O/c9-5-1-2-6-7(3-5)13(4-11-6)12-8(10)14/h1-4H,(H3,10,12,14). The van der Waals surface area contributed by atoms with Gasteiger partial charge in [0.1, 0.15) is 12.1 Å². The number of primary amides is 1. The second kappa shape index (κ2) is 2.99. The lowest BCUT2D eigenvalue weighted by Gasteiger charge is -2.02. The predicted octanol–water partition coefficient (Wildman–Crippen LogP) is 0.798. The summed E-state index contributed by atoms with van der Waals surface area (Å²) in [5.41, 5.74) is 8.25. The van der Waals surface area contributed by atoms with E-state index >= 15 is 0 Å². The molecule has 2 amide bonds. The van der Waals surface area contributed by atoms with Gasteiger partial charge >= 0.3 is 6.03 Å². The number of hydrogen-bond donors (Lipinski definition) is 2. The van der Waals surface area contributed by atoms with Crippen LogP contribution < -0.4 is 11.2 Å². The number of imidazole rings is 1. The highest BCUT2D eigenvalue weighted by molar-refractivity contribution is 5.83. The molecule has 72 valence electrons. The highest BCUT2D eigenvalue weighted by Crippen LogP contribution is 2.12. The summed E-state index contributed by atoms with van der Waals surface area (Å²) in [6.45, 7) is 0. The van der Waals surface area contributed by atoms with Gasteiger partial charge < -0.3 is 5.73 Å². The summed E-state index contributed by atoms with van der Waals surface area (Å²) >= 11 is 0. The molecule has 0 unspecified atom stereocenters. The van der Waals surface area contributed by atoms with Crippen LogP contribution in [0.2, 0.25) is 0 Å². The van der Waals surface area contributed by atoms with Crippen molar-refractivity contribution in [2.45, 2.75) is 0 Å². The number of fused-ring (bicyclic) bond motifs is 1. The van der Waals surface area contributed by atoms with E-state index in [4.69, 9.17) is 5.73 Å². The molecule has 0 aliphatic rings. The Labute approximate surface area is 78.3 Å². The van der Waals surface area contributed by atoms with Crippen molar-refractivity contribution in [3.05, 3.63) is 30.3 Å². The van der Waals surface area contributed by atoms with E-state index in [0.717, 1.165) is 0 Å². The van der Waals surface area contributed by atoms with Crippen molar-refractivity contribution in [1.29, 1.82) is 0 Å². The molecule has 0 saturated heterocycles. The van der Waals surface area contributed by atoms with Crippen molar-refractivity contribution in [2.75, 3.05) is 5.43 Å². The van der Waals surface area contributed by atoms with Crippen LogP contribution in [0.1, 0.15) is 0 Å². The van der Waals surface area contributed by atoms with Gasteiger partial charge in [-0.1, -0.05) is 0 Å². The van der Waals surface area contributed by atoms with E-state index in [9.17, 15) is 9.18 Å². The Morgan fingerprint density at radius 1 is 1.57 bits per heavy atom. The molecule has 0 bridgehead atoms. The first-order chi connectivity index (χ1) is 6.66. The number of benzene rings is 1. The van der Waals surface area contributed by atoms with Crippen LogP contribution in [0.15, 0.2) is 24.5 Å². The number of nitrogens with two attached hydrogens (primary N) is 1. The molecule has 0 aliphatic carbocycles.